The van der Waals surface area contributed by atoms with Crippen molar-refractivity contribution in [1.29, 1.82) is 0 Å². The molecule has 21 nitrogen and oxygen atoms in total. The molecule has 0 aromatic carbocycles. The molecule has 0 bridgehead atoms. The summed E-state index contributed by atoms with van der Waals surface area (Å²) in [6.07, 6.45) is -11.0. The molecule has 341 valence electrons. The molecule has 3 aliphatic heterocycles. The third kappa shape index (κ3) is 23.8. The number of hydrogen-bond acceptors (Lipinski definition) is 19. The van der Waals surface area contributed by atoms with Crippen molar-refractivity contribution in [1.82, 2.24) is 5.32 Å². The van der Waals surface area contributed by atoms with E-state index >= 15 is 0 Å². The number of rotatable bonds is 14. The zero-order chi connectivity index (χ0) is 43.7. The van der Waals surface area contributed by atoms with Crippen molar-refractivity contribution >= 4 is 17.6 Å². The van der Waals surface area contributed by atoms with E-state index in [9.17, 15) is 45.0 Å². The number of nitrogens with one attached hydrogen (secondary N) is 3. The van der Waals surface area contributed by atoms with Crippen molar-refractivity contribution in [3.05, 3.63) is 18.4 Å². The van der Waals surface area contributed by atoms with Crippen LogP contribution in [0.2, 0.25) is 0 Å². The molecule has 0 spiro atoms. The molecule has 24 heteroatoms. The Hall–Kier alpha value is 1.15. The number of amides is 2. The molecule has 59 heavy (non-hydrogen) atoms. The van der Waals surface area contributed by atoms with Gasteiger partial charge in [0.2, 0.25) is 0 Å². The van der Waals surface area contributed by atoms with Crippen LogP contribution in [0.1, 0.15) is 73.1 Å². The maximum absolute atomic E-state index is 11.1. The van der Waals surface area contributed by atoms with E-state index in [0.717, 1.165) is 0 Å². The minimum atomic E-state index is -1.13. The van der Waals surface area contributed by atoms with Crippen LogP contribution in [0.15, 0.2) is 0 Å². The molecule has 3 rings (SSSR count). The van der Waals surface area contributed by atoms with Crippen molar-refractivity contribution in [2.45, 2.75) is 159 Å². The van der Waals surface area contributed by atoms with E-state index in [4.69, 9.17) is 56.3 Å². The molecule has 6 unspecified atom stereocenters. The van der Waals surface area contributed by atoms with E-state index in [1.54, 1.807) is 20.8 Å². The monoisotopic (exact) mass is 1080 g/mol. The quantitative estimate of drug-likeness (QED) is 0.0761. The summed E-state index contributed by atoms with van der Waals surface area (Å²) < 4.78 is 14.5. The van der Waals surface area contributed by atoms with Crippen LogP contribution in [0.3, 0.4) is 0 Å². The Balaban J connectivity index is -0.000000345. The Morgan fingerprint density at radius 1 is 0.559 bits per heavy atom. The average molecular weight is 1080 g/mol. The Morgan fingerprint density at radius 2 is 0.814 bits per heavy atom. The molecule has 2 amide bonds. The van der Waals surface area contributed by atoms with E-state index in [2.05, 4.69) is 12.2 Å². The third-order valence-corrected chi connectivity index (χ3v) is 9.78. The molecule has 15 N–H and O–H groups in total. The summed E-state index contributed by atoms with van der Waals surface area (Å²) in [7, 11) is 0. The number of aliphatic hydroxyl groups excluding tert-OH is 12. The van der Waals surface area contributed by atoms with Gasteiger partial charge in [-0.05, 0) is 44.3 Å². The SMILES string of the molecule is CC1[C@H](O)OC(CO)[C@H](O)[C@@H]1O.CC1[C@H](O)OC(CO)[C@H](O)[C@@H]1O.CC1[C@H](O)OC(CO)[C@H](O)[C@@H]1O.[CH2-]C(=O)CCC(CCC([NH-])=O)(CCC([NH-])=O)NC(C)C.[Y].[Y].[Y]. The standard InChI is InChI=1S/C14H26N3O3.3C7H14O5.3Y/c1-10(2)17-14(7-4-11(3)18,8-5-12(15)19)9-6-13(16)20;3*1-3-5(9)6(10)4(2-8)12-7(3)11;;;/h10,17H,3-9H2,1-2H3,(H4,15,16,19,20);3*3-11H,2H2,1H3;;;/q-1;;;;;;/p-2/t;3*3?,4?,5-,6+,7-;;;/m.111.../s1. The van der Waals surface area contributed by atoms with Gasteiger partial charge in [-0.3, -0.25) is 0 Å². The minimum Gasteiger partial charge on any atom is -0.668 e. The maximum atomic E-state index is 11.1. The van der Waals surface area contributed by atoms with Gasteiger partial charge in [-0.1, -0.05) is 34.6 Å². The smallest absolute Gasteiger partial charge is 0.160 e. The zero-order valence-electron chi connectivity index (χ0n) is 34.4. The summed E-state index contributed by atoms with van der Waals surface area (Å²) in [5, 5.41) is 113. The first-order chi connectivity index (χ1) is 25.9. The predicted octanol–water partition coefficient (Wildman–Crippen LogP) is -3.22. The van der Waals surface area contributed by atoms with Crippen molar-refractivity contribution in [3.63, 3.8) is 0 Å². The van der Waals surface area contributed by atoms with Crippen LogP contribution in [-0.4, -0.2) is 184 Å². The molecule has 0 aromatic heterocycles. The van der Waals surface area contributed by atoms with Crippen LogP contribution in [0, 0.1) is 24.7 Å². The molecule has 3 aliphatic rings. The number of ketones is 1. The normalized spacial score (nSPS) is 34.0. The first-order valence-corrected chi connectivity index (χ1v) is 18.4. The second-order valence-electron chi connectivity index (χ2n) is 14.7. The summed E-state index contributed by atoms with van der Waals surface area (Å²) in [4.78, 5) is 32.9. The van der Waals surface area contributed by atoms with Gasteiger partial charge in [-0.15, -0.1) is 0 Å². The van der Waals surface area contributed by atoms with E-state index in [-0.39, 0.29) is 129 Å². The van der Waals surface area contributed by atoms with E-state index in [1.165, 1.54) is 0 Å². The van der Waals surface area contributed by atoms with Crippen molar-refractivity contribution in [2.24, 2.45) is 17.8 Å². The van der Waals surface area contributed by atoms with Gasteiger partial charge < -0.3 is 114 Å². The van der Waals surface area contributed by atoms with Gasteiger partial charge in [-0.25, -0.2) is 0 Å². The molecule has 3 saturated heterocycles. The Labute approximate surface area is 421 Å². The predicted molar refractivity (Wildman–Crippen MR) is 195 cm³/mol. The fourth-order valence-corrected chi connectivity index (χ4v) is 5.99. The maximum Gasteiger partial charge on any atom is 0.160 e. The second-order valence-corrected chi connectivity index (χ2v) is 14.7. The third-order valence-electron chi connectivity index (χ3n) is 9.78. The van der Waals surface area contributed by atoms with Crippen LogP contribution in [0.5, 0.6) is 0 Å². The van der Waals surface area contributed by atoms with Crippen LogP contribution in [-0.2, 0) is 127 Å². The Bertz CT molecular complexity index is 1020. The Morgan fingerprint density at radius 3 is 1.02 bits per heavy atom. The molecule has 3 heterocycles. The molecular formula is C35H66N3O18Y3-3. The number of ether oxygens (including phenoxy) is 3. The van der Waals surface area contributed by atoms with Crippen molar-refractivity contribution < 1.29 is 188 Å². The number of Topliss-reactive ketones (excluding diaryl/α,β-unsaturated/α-hetero) is 1. The van der Waals surface area contributed by atoms with Gasteiger partial charge in [0.15, 0.2) is 18.9 Å². The van der Waals surface area contributed by atoms with Gasteiger partial charge in [0.05, 0.1) is 38.1 Å². The van der Waals surface area contributed by atoms with Crippen LogP contribution < -0.4 is 5.32 Å². The fourth-order valence-electron chi connectivity index (χ4n) is 5.99. The van der Waals surface area contributed by atoms with E-state index in [1.807, 2.05) is 13.8 Å². The molecule has 3 radical (unpaired) electrons. The first-order valence-electron chi connectivity index (χ1n) is 18.4. The van der Waals surface area contributed by atoms with Crippen LogP contribution >= 0.6 is 0 Å². The minimum absolute atomic E-state index is 0. The average Bonchev–Trinajstić information content (AvgIpc) is 3.14. The second kappa shape index (κ2) is 33.6. The van der Waals surface area contributed by atoms with Crippen LogP contribution in [0.4, 0.5) is 0 Å². The van der Waals surface area contributed by atoms with Crippen LogP contribution in [0.25, 0.3) is 11.5 Å². The van der Waals surface area contributed by atoms with Crippen molar-refractivity contribution in [3.8, 4) is 0 Å². The first kappa shape index (κ1) is 66.8. The Kier molecular flexibility index (Phi) is 38.0. The number of carbonyl (C=O) groups is 3. The zero-order valence-corrected chi connectivity index (χ0v) is 42.9. The summed E-state index contributed by atoms with van der Waals surface area (Å²) in [5.74, 6) is -3.15. The fraction of sp³-hybridized carbons (Fsp3) is 0.886. The molecule has 15 atom stereocenters. The molecule has 0 aliphatic carbocycles. The topological polar surface area (TPSA) is 381 Å². The summed E-state index contributed by atoms with van der Waals surface area (Å²) in [6.45, 7) is 10.7. The van der Waals surface area contributed by atoms with Gasteiger partial charge in [-0.2, -0.15) is 0 Å². The van der Waals surface area contributed by atoms with Crippen molar-refractivity contribution in [2.75, 3.05) is 19.8 Å². The summed E-state index contributed by atoms with van der Waals surface area (Å²) >= 11 is 0. The summed E-state index contributed by atoms with van der Waals surface area (Å²) in [6, 6.07) is 0.108. The van der Waals surface area contributed by atoms with Gasteiger partial charge in [0, 0.05) is 139 Å². The molecule has 3 fully saturated rings. The van der Waals surface area contributed by atoms with E-state index < -0.39 is 129 Å². The number of carbonyl (C=O) groups excluding carboxylic acids is 3. The van der Waals surface area contributed by atoms with Gasteiger partial charge in [0.25, 0.3) is 0 Å². The number of aliphatic hydroxyl groups is 12. The summed E-state index contributed by atoms with van der Waals surface area (Å²) in [5.41, 5.74) is 13.5. The number of hydrogen-bond donors (Lipinski definition) is 13. The molecule has 0 saturated carbocycles. The largest absolute Gasteiger partial charge is 0.668 e. The molecule has 0 aromatic rings. The van der Waals surface area contributed by atoms with Gasteiger partial charge >= 0.3 is 0 Å². The van der Waals surface area contributed by atoms with E-state index in [0.29, 0.717) is 19.3 Å². The molecular weight excluding hydrogens is 1020 g/mol. The van der Waals surface area contributed by atoms with Gasteiger partial charge in [0.1, 0.15) is 36.6 Å².